The van der Waals surface area contributed by atoms with E-state index in [1.54, 1.807) is 12.1 Å². The molecule has 0 saturated carbocycles. The van der Waals surface area contributed by atoms with Crippen LogP contribution in [-0.4, -0.2) is 4.92 Å². The van der Waals surface area contributed by atoms with E-state index < -0.39 is 0 Å². The van der Waals surface area contributed by atoms with Gasteiger partial charge in [-0.25, -0.2) is 0 Å². The molecule has 0 saturated heterocycles. The van der Waals surface area contributed by atoms with Crippen molar-refractivity contribution in [2.24, 2.45) is 0 Å². The third kappa shape index (κ3) is 2.91. The number of nitrogens with zero attached hydrogens (tertiary/aromatic N) is 1. The molecule has 0 unspecified atom stereocenters. The van der Waals surface area contributed by atoms with Crippen molar-refractivity contribution in [1.29, 1.82) is 0 Å². The maximum atomic E-state index is 10.5. The summed E-state index contributed by atoms with van der Waals surface area (Å²) in [4.78, 5) is 10.1. The third-order valence-electron chi connectivity index (χ3n) is 2.28. The number of nitro groups is 1. The van der Waals surface area contributed by atoms with E-state index in [-0.39, 0.29) is 10.6 Å². The predicted molar refractivity (Wildman–Crippen MR) is 61.7 cm³/mol. The summed E-state index contributed by atoms with van der Waals surface area (Å²) in [7, 11) is 0. The summed E-state index contributed by atoms with van der Waals surface area (Å²) in [5.41, 5.74) is 2.46. The van der Waals surface area contributed by atoms with E-state index in [0.717, 1.165) is 18.4 Å². The summed E-state index contributed by atoms with van der Waals surface area (Å²) < 4.78 is 0. The van der Waals surface area contributed by atoms with Gasteiger partial charge in [-0.1, -0.05) is 19.9 Å². The van der Waals surface area contributed by atoms with Gasteiger partial charge in [-0.05, 0) is 36.1 Å². The first-order valence-corrected chi connectivity index (χ1v) is 5.12. The van der Waals surface area contributed by atoms with Gasteiger partial charge in [0.15, 0.2) is 0 Å². The highest BCUT2D eigenvalue weighted by Crippen LogP contribution is 2.21. The lowest BCUT2D eigenvalue weighted by atomic mass is 10.0. The highest BCUT2D eigenvalue weighted by Gasteiger charge is 2.05. The Labute approximate surface area is 89.6 Å². The van der Waals surface area contributed by atoms with Crippen LogP contribution in [0.5, 0.6) is 0 Å². The van der Waals surface area contributed by atoms with Crippen LogP contribution in [0.15, 0.2) is 30.3 Å². The molecule has 0 bridgehead atoms. The largest absolute Gasteiger partial charge is 0.269 e. The number of allylic oxidation sites excluding steroid dienone is 2. The molecule has 0 aliphatic rings. The molecule has 0 amide bonds. The number of benzene rings is 1. The minimum Gasteiger partial charge on any atom is -0.258 e. The summed E-state index contributed by atoms with van der Waals surface area (Å²) in [5, 5.41) is 10.5. The maximum absolute atomic E-state index is 10.5. The molecule has 15 heavy (non-hydrogen) atoms. The number of non-ortho nitro benzene ring substituents is 1. The Kier molecular flexibility index (Phi) is 4.03. The minimum atomic E-state index is -0.376. The van der Waals surface area contributed by atoms with E-state index in [1.165, 1.54) is 5.57 Å². The molecule has 0 aliphatic heterocycles. The van der Waals surface area contributed by atoms with Gasteiger partial charge in [0.2, 0.25) is 0 Å². The molecule has 1 aromatic carbocycles. The molecule has 80 valence electrons. The van der Waals surface area contributed by atoms with Gasteiger partial charge in [-0.3, -0.25) is 10.1 Å². The molecule has 3 nitrogen and oxygen atoms in total. The Balaban J connectivity index is 2.97. The molecule has 0 aromatic heterocycles. The first-order chi connectivity index (χ1) is 7.19. The van der Waals surface area contributed by atoms with Crippen LogP contribution in [0.4, 0.5) is 5.69 Å². The molecule has 0 spiro atoms. The average Bonchev–Trinajstić information content (AvgIpc) is 2.26. The van der Waals surface area contributed by atoms with Crippen LogP contribution < -0.4 is 0 Å². The van der Waals surface area contributed by atoms with E-state index >= 15 is 0 Å². The van der Waals surface area contributed by atoms with Gasteiger partial charge >= 0.3 is 0 Å². The first kappa shape index (κ1) is 11.4. The Morgan fingerprint density at radius 3 is 2.33 bits per heavy atom. The summed E-state index contributed by atoms with van der Waals surface area (Å²) >= 11 is 0. The van der Waals surface area contributed by atoms with Gasteiger partial charge in [-0.2, -0.15) is 0 Å². The van der Waals surface area contributed by atoms with Crippen molar-refractivity contribution in [2.45, 2.75) is 26.7 Å². The van der Waals surface area contributed by atoms with Gasteiger partial charge in [0, 0.05) is 12.1 Å². The first-order valence-electron chi connectivity index (χ1n) is 5.12. The van der Waals surface area contributed by atoms with Crippen LogP contribution in [-0.2, 0) is 0 Å². The van der Waals surface area contributed by atoms with E-state index in [1.807, 2.05) is 12.1 Å². The zero-order valence-corrected chi connectivity index (χ0v) is 9.06. The Hall–Kier alpha value is -1.64. The maximum Gasteiger partial charge on any atom is 0.269 e. The average molecular weight is 205 g/mol. The fourth-order valence-electron chi connectivity index (χ4n) is 1.51. The van der Waals surface area contributed by atoms with Crippen molar-refractivity contribution >= 4 is 11.3 Å². The van der Waals surface area contributed by atoms with Crippen LogP contribution in [0.3, 0.4) is 0 Å². The second-order valence-corrected chi connectivity index (χ2v) is 3.30. The van der Waals surface area contributed by atoms with E-state index in [0.29, 0.717) is 0 Å². The number of nitro benzene ring substituents is 1. The SMILES string of the molecule is CC/C=C(\CC)c1ccc([N+](=O)[O-])cc1. The van der Waals surface area contributed by atoms with Gasteiger partial charge in [0.1, 0.15) is 0 Å². The van der Waals surface area contributed by atoms with Gasteiger partial charge in [0.05, 0.1) is 4.92 Å². The molecule has 1 aromatic rings. The molecule has 3 heteroatoms. The Morgan fingerprint density at radius 1 is 1.33 bits per heavy atom. The predicted octanol–water partition coefficient (Wildman–Crippen LogP) is 3.80. The third-order valence-corrected chi connectivity index (χ3v) is 2.28. The summed E-state index contributed by atoms with van der Waals surface area (Å²) in [6.07, 6.45) is 4.09. The van der Waals surface area contributed by atoms with E-state index in [9.17, 15) is 10.1 Å². The molecule has 0 fully saturated rings. The van der Waals surface area contributed by atoms with Crippen molar-refractivity contribution in [1.82, 2.24) is 0 Å². The highest BCUT2D eigenvalue weighted by atomic mass is 16.6. The van der Waals surface area contributed by atoms with Gasteiger partial charge < -0.3 is 0 Å². The van der Waals surface area contributed by atoms with Crippen LogP contribution in [0.1, 0.15) is 32.3 Å². The molecule has 0 radical (unpaired) electrons. The zero-order valence-electron chi connectivity index (χ0n) is 9.06. The molecular formula is C12H15NO2. The summed E-state index contributed by atoms with van der Waals surface area (Å²) in [5.74, 6) is 0. The summed E-state index contributed by atoms with van der Waals surface area (Å²) in [6.45, 7) is 4.17. The zero-order chi connectivity index (χ0) is 11.3. The standard InChI is InChI=1S/C12H15NO2/c1-3-5-10(4-2)11-6-8-12(9-7-11)13(14)15/h5-9H,3-4H2,1-2H3/b10-5+. The molecule has 0 N–H and O–H groups in total. The van der Waals surface area contributed by atoms with Crippen LogP contribution in [0, 0.1) is 10.1 Å². The van der Waals surface area contributed by atoms with Crippen LogP contribution >= 0.6 is 0 Å². The van der Waals surface area contributed by atoms with E-state index in [4.69, 9.17) is 0 Å². The lowest BCUT2D eigenvalue weighted by Gasteiger charge is -2.03. The molecular weight excluding hydrogens is 190 g/mol. The lowest BCUT2D eigenvalue weighted by molar-refractivity contribution is -0.384. The van der Waals surface area contributed by atoms with Crippen LogP contribution in [0.2, 0.25) is 0 Å². The molecule has 0 atom stereocenters. The molecule has 0 aliphatic carbocycles. The van der Waals surface area contributed by atoms with Crippen molar-refractivity contribution < 1.29 is 4.92 Å². The number of hydrogen-bond acceptors (Lipinski definition) is 2. The van der Waals surface area contributed by atoms with Crippen molar-refractivity contribution in [3.8, 4) is 0 Å². The lowest BCUT2D eigenvalue weighted by Crippen LogP contribution is -1.88. The normalized spacial score (nSPS) is 11.5. The molecule has 1 rings (SSSR count). The topological polar surface area (TPSA) is 43.1 Å². The van der Waals surface area contributed by atoms with Gasteiger partial charge in [-0.15, -0.1) is 0 Å². The quantitative estimate of drug-likeness (QED) is 0.554. The molecule has 0 heterocycles. The monoisotopic (exact) mass is 205 g/mol. The second-order valence-electron chi connectivity index (χ2n) is 3.30. The number of hydrogen-bond donors (Lipinski definition) is 0. The Morgan fingerprint density at radius 2 is 1.93 bits per heavy atom. The van der Waals surface area contributed by atoms with Crippen molar-refractivity contribution in [2.75, 3.05) is 0 Å². The fourth-order valence-corrected chi connectivity index (χ4v) is 1.51. The fraction of sp³-hybridized carbons (Fsp3) is 0.333. The van der Waals surface area contributed by atoms with Crippen molar-refractivity contribution in [3.63, 3.8) is 0 Å². The smallest absolute Gasteiger partial charge is 0.258 e. The van der Waals surface area contributed by atoms with Crippen molar-refractivity contribution in [3.05, 3.63) is 46.0 Å². The Bertz CT molecular complexity index is 366. The number of rotatable bonds is 4. The van der Waals surface area contributed by atoms with E-state index in [2.05, 4.69) is 19.9 Å². The second kappa shape index (κ2) is 5.29. The van der Waals surface area contributed by atoms with Crippen LogP contribution in [0.25, 0.3) is 5.57 Å². The summed E-state index contributed by atoms with van der Waals surface area (Å²) in [6, 6.07) is 6.72. The minimum absolute atomic E-state index is 0.144. The van der Waals surface area contributed by atoms with Gasteiger partial charge in [0.25, 0.3) is 5.69 Å². The highest BCUT2D eigenvalue weighted by molar-refractivity contribution is 5.66.